The number of benzene rings is 2. The van der Waals surface area contributed by atoms with Gasteiger partial charge in [-0.3, -0.25) is 0 Å². The minimum absolute atomic E-state index is 0.0164. The number of fused-ring (bicyclic) bond motifs is 1. The van der Waals surface area contributed by atoms with Crippen LogP contribution in [0.15, 0.2) is 65.9 Å². The first-order chi connectivity index (χ1) is 18.1. The molecule has 2 aromatic rings. The number of hydrogen-bond donors (Lipinski definition) is 1. The highest BCUT2D eigenvalue weighted by Gasteiger charge is 2.22. The second-order valence-electron chi connectivity index (χ2n) is 7.89. The Hall–Kier alpha value is -4.15. The third-order valence-electron chi connectivity index (χ3n) is 5.53. The molecule has 0 amide bonds. The van der Waals surface area contributed by atoms with Crippen molar-refractivity contribution in [3.05, 3.63) is 77.1 Å². The van der Waals surface area contributed by atoms with Gasteiger partial charge in [0.2, 0.25) is 0 Å². The summed E-state index contributed by atoms with van der Waals surface area (Å²) in [6.45, 7) is 4.90. The molecule has 1 aliphatic heterocycles. The summed E-state index contributed by atoms with van der Waals surface area (Å²) in [5.74, 6) is 0.0894. The molecule has 0 spiro atoms. The molecule has 0 bridgehead atoms. The Labute approximate surface area is 216 Å². The second kappa shape index (κ2) is 14.4. The summed E-state index contributed by atoms with van der Waals surface area (Å²) >= 11 is 0. The van der Waals surface area contributed by atoms with E-state index in [1.54, 1.807) is 30.3 Å². The van der Waals surface area contributed by atoms with Crippen LogP contribution < -0.4 is 9.64 Å². The van der Waals surface area contributed by atoms with Crippen molar-refractivity contribution in [1.29, 1.82) is 10.5 Å². The molecular formula is C28H29N3O6. The van der Waals surface area contributed by atoms with Crippen molar-refractivity contribution >= 4 is 17.2 Å². The Kier molecular flexibility index (Phi) is 10.7. The Morgan fingerprint density at radius 2 is 1.76 bits per heavy atom. The third kappa shape index (κ3) is 7.66. The number of aliphatic hydroxyl groups excluding tert-OH is 1. The first kappa shape index (κ1) is 27.4. The van der Waals surface area contributed by atoms with Crippen LogP contribution >= 0.6 is 0 Å². The van der Waals surface area contributed by atoms with E-state index < -0.39 is 5.97 Å². The van der Waals surface area contributed by atoms with Gasteiger partial charge in [0.1, 0.15) is 24.5 Å². The summed E-state index contributed by atoms with van der Waals surface area (Å²) in [6, 6.07) is 18.0. The number of likely N-dealkylation sites (N-methyl/N-ethyl adjacent to an activating group) is 1. The minimum Gasteiger partial charge on any atom is -0.457 e. The molecule has 0 saturated carbocycles. The van der Waals surface area contributed by atoms with Crippen LogP contribution in [0, 0.1) is 22.7 Å². The van der Waals surface area contributed by atoms with Gasteiger partial charge in [0.05, 0.1) is 38.6 Å². The number of esters is 1. The van der Waals surface area contributed by atoms with Gasteiger partial charge in [-0.05, 0) is 37.3 Å². The molecular weight excluding hydrogens is 474 g/mol. The maximum Gasteiger partial charge on any atom is 0.338 e. The van der Waals surface area contributed by atoms with Crippen LogP contribution in [0.3, 0.4) is 0 Å². The maximum absolute atomic E-state index is 12.5. The number of nitrogens with zero attached hydrogens (tertiary/aromatic N) is 3. The van der Waals surface area contributed by atoms with Gasteiger partial charge in [0.15, 0.2) is 11.3 Å². The maximum atomic E-state index is 12.5. The summed E-state index contributed by atoms with van der Waals surface area (Å²) in [4.78, 5) is 14.6. The summed E-state index contributed by atoms with van der Waals surface area (Å²) in [7, 11) is 0. The lowest BCUT2D eigenvalue weighted by Gasteiger charge is -2.26. The molecule has 9 nitrogen and oxygen atoms in total. The van der Waals surface area contributed by atoms with Crippen LogP contribution in [0.25, 0.3) is 5.57 Å². The molecule has 1 N–H and O–H groups in total. The van der Waals surface area contributed by atoms with E-state index in [1.165, 1.54) is 0 Å². The van der Waals surface area contributed by atoms with E-state index >= 15 is 0 Å². The molecule has 2 aromatic carbocycles. The molecule has 0 radical (unpaired) electrons. The van der Waals surface area contributed by atoms with Gasteiger partial charge in [0.25, 0.3) is 0 Å². The molecule has 3 rings (SSSR count). The summed E-state index contributed by atoms with van der Waals surface area (Å²) in [5.41, 5.74) is 2.45. The molecule has 37 heavy (non-hydrogen) atoms. The van der Waals surface area contributed by atoms with Gasteiger partial charge in [-0.25, -0.2) is 4.79 Å². The molecule has 0 aliphatic carbocycles. The van der Waals surface area contributed by atoms with Crippen LogP contribution in [0.4, 0.5) is 5.69 Å². The number of rotatable bonds is 13. The van der Waals surface area contributed by atoms with Gasteiger partial charge in [-0.2, -0.15) is 10.5 Å². The topological polar surface area (TPSA) is 125 Å². The minimum atomic E-state index is -0.476. The van der Waals surface area contributed by atoms with Crippen LogP contribution in [0.2, 0.25) is 0 Å². The lowest BCUT2D eigenvalue weighted by molar-refractivity contribution is 0.0351. The lowest BCUT2D eigenvalue weighted by atomic mass is 10.00. The highest BCUT2D eigenvalue weighted by atomic mass is 16.5. The molecule has 9 heteroatoms. The summed E-state index contributed by atoms with van der Waals surface area (Å²) in [6.07, 6.45) is 1.56. The van der Waals surface area contributed by atoms with E-state index in [2.05, 4.69) is 4.90 Å². The van der Waals surface area contributed by atoms with Crippen molar-refractivity contribution < 1.29 is 28.8 Å². The number of carbonyl (C=O) groups is 1. The zero-order valence-corrected chi connectivity index (χ0v) is 20.7. The fourth-order valence-corrected chi connectivity index (χ4v) is 3.65. The number of carbonyl (C=O) groups excluding carboxylic acids is 1. The quantitative estimate of drug-likeness (QED) is 0.248. The number of aliphatic hydroxyl groups is 1. The van der Waals surface area contributed by atoms with E-state index in [0.717, 1.165) is 5.69 Å². The predicted octanol–water partition coefficient (Wildman–Crippen LogP) is 3.47. The number of anilines is 1. The highest BCUT2D eigenvalue weighted by Crippen LogP contribution is 2.37. The summed E-state index contributed by atoms with van der Waals surface area (Å²) in [5, 5.41) is 27.5. The Morgan fingerprint density at radius 3 is 2.43 bits per heavy atom. The molecule has 0 unspecified atom stereocenters. The van der Waals surface area contributed by atoms with Gasteiger partial charge < -0.3 is 29.0 Å². The standard InChI is InChI=1S/C28H29N3O6/c1-2-31(10-12-34-14-15-35-13-11-32)24-8-9-25-22(20-36-28(33)21-6-4-3-5-7-21)16-26(23(18-29)19-30)37-27(25)17-24/h3-9,16-17,32H,2,10-15,20H2,1H3. The number of ether oxygens (including phenoxy) is 4. The first-order valence-electron chi connectivity index (χ1n) is 11.9. The average molecular weight is 504 g/mol. The molecule has 0 saturated heterocycles. The largest absolute Gasteiger partial charge is 0.457 e. The number of allylic oxidation sites excluding steroid dienone is 2. The normalized spacial score (nSPS) is 11.9. The molecule has 1 aliphatic rings. The van der Waals surface area contributed by atoms with Gasteiger partial charge in [-0.15, -0.1) is 0 Å². The van der Waals surface area contributed by atoms with Gasteiger partial charge in [0, 0.05) is 36.0 Å². The monoisotopic (exact) mass is 503 g/mol. The fraction of sp³-hybridized carbons (Fsp3) is 0.321. The summed E-state index contributed by atoms with van der Waals surface area (Å²) < 4.78 is 22.3. The first-order valence-corrected chi connectivity index (χ1v) is 11.9. The van der Waals surface area contributed by atoms with Crippen LogP contribution in [-0.4, -0.2) is 63.8 Å². The van der Waals surface area contributed by atoms with Crippen molar-refractivity contribution in [2.24, 2.45) is 0 Å². The van der Waals surface area contributed by atoms with E-state index in [-0.39, 0.29) is 31.2 Å². The Balaban J connectivity index is 1.76. The molecule has 0 atom stereocenters. The lowest BCUT2D eigenvalue weighted by Crippen LogP contribution is -2.27. The second-order valence-corrected chi connectivity index (χ2v) is 7.89. The molecule has 0 aromatic heterocycles. The SMILES string of the molecule is CCN(CCOCCOCCO)c1ccc2c(c1)OC(=C(C#N)C#N)C=C2COC(=O)c1ccccc1. The van der Waals surface area contributed by atoms with Crippen molar-refractivity contribution in [3.63, 3.8) is 0 Å². The Bertz CT molecular complexity index is 1190. The van der Waals surface area contributed by atoms with E-state index in [1.807, 2.05) is 43.3 Å². The van der Waals surface area contributed by atoms with Crippen LogP contribution in [0.5, 0.6) is 5.75 Å². The van der Waals surface area contributed by atoms with Crippen LogP contribution in [-0.2, 0) is 14.2 Å². The van der Waals surface area contributed by atoms with Crippen molar-refractivity contribution in [2.45, 2.75) is 6.92 Å². The Morgan fingerprint density at radius 1 is 1.03 bits per heavy atom. The zero-order chi connectivity index (χ0) is 26.5. The average Bonchev–Trinajstić information content (AvgIpc) is 2.94. The van der Waals surface area contributed by atoms with Crippen molar-refractivity contribution in [3.8, 4) is 17.9 Å². The third-order valence-corrected chi connectivity index (χ3v) is 5.53. The van der Waals surface area contributed by atoms with Gasteiger partial charge in [-0.1, -0.05) is 18.2 Å². The fourth-order valence-electron chi connectivity index (χ4n) is 3.65. The number of hydrogen-bond acceptors (Lipinski definition) is 9. The smallest absolute Gasteiger partial charge is 0.338 e. The highest BCUT2D eigenvalue weighted by molar-refractivity contribution is 5.90. The molecule has 0 fully saturated rings. The van der Waals surface area contributed by atoms with Crippen molar-refractivity contribution in [1.82, 2.24) is 0 Å². The van der Waals surface area contributed by atoms with E-state index in [9.17, 15) is 15.3 Å². The predicted molar refractivity (Wildman–Crippen MR) is 137 cm³/mol. The zero-order valence-electron chi connectivity index (χ0n) is 20.7. The van der Waals surface area contributed by atoms with Gasteiger partial charge >= 0.3 is 5.97 Å². The van der Waals surface area contributed by atoms with Crippen LogP contribution in [0.1, 0.15) is 22.8 Å². The van der Waals surface area contributed by atoms with Crippen molar-refractivity contribution in [2.75, 3.05) is 57.6 Å². The molecule has 192 valence electrons. The molecule has 1 heterocycles. The van der Waals surface area contributed by atoms with E-state index in [0.29, 0.717) is 55.4 Å². The van der Waals surface area contributed by atoms with E-state index in [4.69, 9.17) is 24.1 Å². The number of nitriles is 2.